The number of carbonyl (C=O) groups is 1. The number of halogens is 1. The predicted molar refractivity (Wildman–Crippen MR) is 69.7 cm³/mol. The Bertz CT molecular complexity index is 242. The summed E-state index contributed by atoms with van der Waals surface area (Å²) in [5, 5.41) is 4.11. The van der Waals surface area contributed by atoms with Crippen molar-refractivity contribution in [3.05, 3.63) is 0 Å². The number of rotatable bonds is 4. The van der Waals surface area contributed by atoms with Crippen molar-refractivity contribution in [2.45, 2.75) is 63.3 Å². The van der Waals surface area contributed by atoms with Crippen LogP contribution < -0.4 is 5.32 Å². The molecule has 0 atom stereocenters. The number of alkyl halides is 1. The lowest BCUT2D eigenvalue weighted by atomic mass is 9.96. The molecule has 0 heterocycles. The van der Waals surface area contributed by atoms with Crippen LogP contribution in [0.1, 0.15) is 57.8 Å². The van der Waals surface area contributed by atoms with E-state index in [9.17, 15) is 4.79 Å². The molecule has 2 fully saturated rings. The smallest absolute Gasteiger partial charge is 0.220 e. The second-order valence-electron chi connectivity index (χ2n) is 5.52. The van der Waals surface area contributed by atoms with Crippen LogP contribution in [0.25, 0.3) is 0 Å². The standard InChI is InChI=1S/C13H22BrNO/c14-10-13(7-8-13)15-12(16)9-11-5-3-1-2-4-6-11/h11H,1-10H2,(H,15,16). The average molecular weight is 288 g/mol. The van der Waals surface area contributed by atoms with E-state index in [1.807, 2.05) is 0 Å². The predicted octanol–water partition coefficient (Wildman–Crippen LogP) is 3.39. The lowest BCUT2D eigenvalue weighted by Crippen LogP contribution is -2.38. The minimum Gasteiger partial charge on any atom is -0.350 e. The van der Waals surface area contributed by atoms with E-state index in [-0.39, 0.29) is 11.4 Å². The molecule has 0 spiro atoms. The van der Waals surface area contributed by atoms with Crippen LogP contribution in [0.5, 0.6) is 0 Å². The Morgan fingerprint density at radius 1 is 1.19 bits per heavy atom. The van der Waals surface area contributed by atoms with Crippen LogP contribution >= 0.6 is 15.9 Å². The molecule has 2 saturated carbocycles. The molecule has 2 aliphatic rings. The molecule has 2 aliphatic carbocycles. The Hall–Kier alpha value is -0.0500. The van der Waals surface area contributed by atoms with E-state index in [1.165, 1.54) is 38.5 Å². The van der Waals surface area contributed by atoms with E-state index in [0.29, 0.717) is 5.92 Å². The maximum Gasteiger partial charge on any atom is 0.220 e. The zero-order chi connectivity index (χ0) is 11.4. The van der Waals surface area contributed by atoms with Gasteiger partial charge >= 0.3 is 0 Å². The first kappa shape index (κ1) is 12.4. The van der Waals surface area contributed by atoms with Gasteiger partial charge in [-0.1, -0.05) is 41.6 Å². The van der Waals surface area contributed by atoms with Gasteiger partial charge < -0.3 is 5.32 Å². The maximum atomic E-state index is 11.9. The maximum absolute atomic E-state index is 11.9. The SMILES string of the molecule is O=C(CC1CCCCCC1)NC1(CBr)CC1. The fourth-order valence-electron chi connectivity index (χ4n) is 2.62. The van der Waals surface area contributed by atoms with Gasteiger partial charge in [-0.05, 0) is 31.6 Å². The summed E-state index contributed by atoms with van der Waals surface area (Å²) in [4.78, 5) is 11.9. The van der Waals surface area contributed by atoms with E-state index in [1.54, 1.807) is 0 Å². The Morgan fingerprint density at radius 3 is 2.31 bits per heavy atom. The number of hydrogen-bond acceptors (Lipinski definition) is 1. The van der Waals surface area contributed by atoms with Crippen LogP contribution in [-0.2, 0) is 4.79 Å². The van der Waals surface area contributed by atoms with Gasteiger partial charge in [0.15, 0.2) is 0 Å². The van der Waals surface area contributed by atoms with Crippen LogP contribution in [0.4, 0.5) is 0 Å². The minimum absolute atomic E-state index is 0.127. The Balaban J connectivity index is 1.73. The van der Waals surface area contributed by atoms with Crippen molar-refractivity contribution in [3.63, 3.8) is 0 Å². The fraction of sp³-hybridized carbons (Fsp3) is 0.923. The highest BCUT2D eigenvalue weighted by Crippen LogP contribution is 2.37. The number of amides is 1. The summed E-state index contributed by atoms with van der Waals surface area (Å²) < 4.78 is 0. The summed E-state index contributed by atoms with van der Waals surface area (Å²) in [6.45, 7) is 0. The molecule has 2 rings (SSSR count). The van der Waals surface area contributed by atoms with Gasteiger partial charge in [0.2, 0.25) is 5.91 Å². The average Bonchev–Trinajstić information content (AvgIpc) is 3.04. The second-order valence-corrected chi connectivity index (χ2v) is 6.08. The van der Waals surface area contributed by atoms with Crippen LogP contribution in [0.2, 0.25) is 0 Å². The third kappa shape index (κ3) is 3.47. The van der Waals surface area contributed by atoms with Crippen molar-refractivity contribution in [1.82, 2.24) is 5.32 Å². The second kappa shape index (κ2) is 5.52. The molecule has 1 amide bonds. The van der Waals surface area contributed by atoms with E-state index in [0.717, 1.165) is 24.6 Å². The lowest BCUT2D eigenvalue weighted by Gasteiger charge is -2.18. The molecule has 2 nitrogen and oxygen atoms in total. The summed E-state index contributed by atoms with van der Waals surface area (Å²) >= 11 is 3.48. The Morgan fingerprint density at radius 2 is 1.81 bits per heavy atom. The van der Waals surface area contributed by atoms with Crippen molar-refractivity contribution >= 4 is 21.8 Å². The molecule has 16 heavy (non-hydrogen) atoms. The molecule has 0 aromatic heterocycles. The normalized spacial score (nSPS) is 24.8. The first-order chi connectivity index (χ1) is 7.74. The van der Waals surface area contributed by atoms with Gasteiger partial charge in [0.1, 0.15) is 0 Å². The van der Waals surface area contributed by atoms with E-state index < -0.39 is 0 Å². The monoisotopic (exact) mass is 287 g/mol. The number of nitrogens with one attached hydrogen (secondary N) is 1. The van der Waals surface area contributed by atoms with E-state index >= 15 is 0 Å². The fourth-order valence-corrected chi connectivity index (χ4v) is 3.32. The zero-order valence-corrected chi connectivity index (χ0v) is 11.5. The van der Waals surface area contributed by atoms with Crippen LogP contribution in [0.3, 0.4) is 0 Å². The van der Waals surface area contributed by atoms with Crippen molar-refractivity contribution in [2.24, 2.45) is 5.92 Å². The molecule has 0 aromatic carbocycles. The topological polar surface area (TPSA) is 29.1 Å². The molecule has 0 bridgehead atoms. The molecule has 92 valence electrons. The molecule has 0 radical (unpaired) electrons. The summed E-state index contributed by atoms with van der Waals surface area (Å²) in [5.74, 6) is 0.928. The largest absolute Gasteiger partial charge is 0.350 e. The van der Waals surface area contributed by atoms with Crippen LogP contribution in [0, 0.1) is 5.92 Å². The third-order valence-electron chi connectivity index (χ3n) is 3.96. The van der Waals surface area contributed by atoms with Gasteiger partial charge in [0.25, 0.3) is 0 Å². The zero-order valence-electron chi connectivity index (χ0n) is 9.93. The molecule has 1 N–H and O–H groups in total. The van der Waals surface area contributed by atoms with Crippen LogP contribution in [-0.4, -0.2) is 16.8 Å². The Kier molecular flexibility index (Phi) is 4.28. The summed E-state index contributed by atoms with van der Waals surface area (Å²) in [7, 11) is 0. The summed E-state index contributed by atoms with van der Waals surface area (Å²) in [6.07, 6.45) is 10.9. The van der Waals surface area contributed by atoms with Gasteiger partial charge in [-0.2, -0.15) is 0 Å². The molecule has 0 unspecified atom stereocenters. The summed E-state index contributed by atoms with van der Waals surface area (Å²) in [6, 6.07) is 0. The number of carbonyl (C=O) groups excluding carboxylic acids is 1. The van der Waals surface area contributed by atoms with E-state index in [4.69, 9.17) is 0 Å². The van der Waals surface area contributed by atoms with E-state index in [2.05, 4.69) is 21.2 Å². The molecule has 3 heteroatoms. The molecule has 0 saturated heterocycles. The van der Waals surface area contributed by atoms with Crippen molar-refractivity contribution in [1.29, 1.82) is 0 Å². The van der Waals surface area contributed by atoms with Gasteiger partial charge in [-0.25, -0.2) is 0 Å². The highest BCUT2D eigenvalue weighted by molar-refractivity contribution is 9.09. The molecule has 0 aliphatic heterocycles. The van der Waals surface area contributed by atoms with Crippen molar-refractivity contribution in [2.75, 3.05) is 5.33 Å². The lowest BCUT2D eigenvalue weighted by molar-refractivity contribution is -0.122. The molecular weight excluding hydrogens is 266 g/mol. The first-order valence-corrected chi connectivity index (χ1v) is 7.73. The van der Waals surface area contributed by atoms with Crippen LogP contribution in [0.15, 0.2) is 0 Å². The first-order valence-electron chi connectivity index (χ1n) is 6.61. The van der Waals surface area contributed by atoms with Crippen molar-refractivity contribution in [3.8, 4) is 0 Å². The molecular formula is C13H22BrNO. The third-order valence-corrected chi connectivity index (χ3v) is 5.04. The Labute approximate surface area is 107 Å². The van der Waals surface area contributed by atoms with Gasteiger partial charge in [0, 0.05) is 17.3 Å². The highest BCUT2D eigenvalue weighted by Gasteiger charge is 2.42. The highest BCUT2D eigenvalue weighted by atomic mass is 79.9. The van der Waals surface area contributed by atoms with Crippen molar-refractivity contribution < 1.29 is 4.79 Å². The van der Waals surface area contributed by atoms with Gasteiger partial charge in [-0.15, -0.1) is 0 Å². The molecule has 0 aromatic rings. The summed E-state index contributed by atoms with van der Waals surface area (Å²) in [5.41, 5.74) is 0.127. The number of hydrogen-bond donors (Lipinski definition) is 1. The van der Waals surface area contributed by atoms with Gasteiger partial charge in [0.05, 0.1) is 0 Å². The quantitative estimate of drug-likeness (QED) is 0.623. The van der Waals surface area contributed by atoms with Gasteiger partial charge in [-0.3, -0.25) is 4.79 Å². The minimum atomic E-state index is 0.127.